The molecule has 0 spiro atoms. The zero-order valence-electron chi connectivity index (χ0n) is 13.9. The highest BCUT2D eigenvalue weighted by Crippen LogP contribution is 2.30. The SMILES string of the molecule is Cl.c1ccc(Cc2nnc(NC3CCN(CC4CC4)CC3)o2)cc1. The summed E-state index contributed by atoms with van der Waals surface area (Å²) >= 11 is 0. The van der Waals surface area contributed by atoms with Gasteiger partial charge in [-0.25, -0.2) is 0 Å². The molecular weight excluding hydrogens is 324 g/mol. The molecule has 1 aromatic carbocycles. The largest absolute Gasteiger partial charge is 0.408 e. The first-order valence-electron chi connectivity index (χ1n) is 8.70. The lowest BCUT2D eigenvalue weighted by Gasteiger charge is -2.31. The number of nitrogens with one attached hydrogen (secondary N) is 1. The predicted molar refractivity (Wildman–Crippen MR) is 96.6 cm³/mol. The molecule has 0 bridgehead atoms. The number of anilines is 1. The highest BCUT2D eigenvalue weighted by Gasteiger charge is 2.27. The van der Waals surface area contributed by atoms with Gasteiger partial charge in [-0.05, 0) is 37.2 Å². The van der Waals surface area contributed by atoms with Gasteiger partial charge in [-0.3, -0.25) is 0 Å². The molecule has 24 heavy (non-hydrogen) atoms. The molecule has 0 atom stereocenters. The van der Waals surface area contributed by atoms with Crippen molar-refractivity contribution < 1.29 is 4.42 Å². The molecule has 0 unspecified atom stereocenters. The zero-order valence-corrected chi connectivity index (χ0v) is 14.7. The van der Waals surface area contributed by atoms with E-state index in [2.05, 4.69) is 32.5 Å². The molecule has 2 heterocycles. The van der Waals surface area contributed by atoms with Crippen LogP contribution in [0.1, 0.15) is 37.1 Å². The molecule has 1 aromatic heterocycles. The fourth-order valence-corrected chi connectivity index (χ4v) is 3.25. The molecule has 2 aromatic rings. The van der Waals surface area contributed by atoms with Gasteiger partial charge in [0.25, 0.3) is 0 Å². The van der Waals surface area contributed by atoms with Crippen LogP contribution in [0.2, 0.25) is 0 Å². The van der Waals surface area contributed by atoms with Crippen molar-refractivity contribution in [1.82, 2.24) is 15.1 Å². The zero-order chi connectivity index (χ0) is 15.5. The van der Waals surface area contributed by atoms with Crippen molar-refractivity contribution in [2.45, 2.75) is 38.1 Å². The molecule has 4 rings (SSSR count). The number of likely N-dealkylation sites (tertiary alicyclic amines) is 1. The predicted octanol–water partition coefficient (Wildman–Crippen LogP) is 3.37. The molecular formula is C18H25ClN4O. The van der Waals surface area contributed by atoms with Gasteiger partial charge in [-0.2, -0.15) is 0 Å². The Kier molecular flexibility index (Phi) is 5.74. The summed E-state index contributed by atoms with van der Waals surface area (Å²) in [6, 6.07) is 11.2. The van der Waals surface area contributed by atoms with Gasteiger partial charge in [0.15, 0.2) is 0 Å². The third kappa shape index (κ3) is 4.71. The van der Waals surface area contributed by atoms with Crippen LogP contribution in [0.15, 0.2) is 34.7 Å². The summed E-state index contributed by atoms with van der Waals surface area (Å²) in [6.07, 6.45) is 5.87. The van der Waals surface area contributed by atoms with Crippen molar-refractivity contribution in [3.8, 4) is 0 Å². The van der Waals surface area contributed by atoms with Crippen LogP contribution in [0.5, 0.6) is 0 Å². The van der Waals surface area contributed by atoms with E-state index >= 15 is 0 Å². The minimum Gasteiger partial charge on any atom is -0.408 e. The highest BCUT2D eigenvalue weighted by atomic mass is 35.5. The lowest BCUT2D eigenvalue weighted by molar-refractivity contribution is 0.210. The normalized spacial score (nSPS) is 19.0. The van der Waals surface area contributed by atoms with Gasteiger partial charge < -0.3 is 14.6 Å². The Morgan fingerprint density at radius 2 is 1.79 bits per heavy atom. The van der Waals surface area contributed by atoms with Gasteiger partial charge in [-0.1, -0.05) is 35.4 Å². The van der Waals surface area contributed by atoms with Crippen LogP contribution >= 0.6 is 12.4 Å². The third-order valence-electron chi connectivity index (χ3n) is 4.79. The number of piperidine rings is 1. The van der Waals surface area contributed by atoms with Crippen molar-refractivity contribution in [3.63, 3.8) is 0 Å². The number of hydrogen-bond acceptors (Lipinski definition) is 5. The second kappa shape index (κ2) is 7.99. The maximum atomic E-state index is 5.74. The van der Waals surface area contributed by atoms with E-state index in [1.54, 1.807) is 0 Å². The minimum absolute atomic E-state index is 0. The molecule has 1 aliphatic carbocycles. The van der Waals surface area contributed by atoms with Gasteiger partial charge in [0.05, 0.1) is 6.42 Å². The quantitative estimate of drug-likeness (QED) is 0.867. The summed E-state index contributed by atoms with van der Waals surface area (Å²) in [5.41, 5.74) is 1.19. The van der Waals surface area contributed by atoms with Crippen molar-refractivity contribution in [1.29, 1.82) is 0 Å². The van der Waals surface area contributed by atoms with E-state index < -0.39 is 0 Å². The van der Waals surface area contributed by atoms with E-state index in [9.17, 15) is 0 Å². The van der Waals surface area contributed by atoms with Crippen molar-refractivity contribution in [2.24, 2.45) is 5.92 Å². The number of benzene rings is 1. The summed E-state index contributed by atoms with van der Waals surface area (Å²) in [6.45, 7) is 3.66. The van der Waals surface area contributed by atoms with Crippen molar-refractivity contribution in [3.05, 3.63) is 41.8 Å². The Morgan fingerprint density at radius 1 is 1.04 bits per heavy atom. The Bertz CT molecular complexity index is 621. The summed E-state index contributed by atoms with van der Waals surface area (Å²) < 4.78 is 5.74. The van der Waals surface area contributed by atoms with Crippen LogP contribution in [0.4, 0.5) is 6.01 Å². The van der Waals surface area contributed by atoms with Crippen LogP contribution < -0.4 is 5.32 Å². The fourth-order valence-electron chi connectivity index (χ4n) is 3.25. The first-order chi connectivity index (χ1) is 11.3. The van der Waals surface area contributed by atoms with Gasteiger partial charge in [0.1, 0.15) is 0 Å². The smallest absolute Gasteiger partial charge is 0.315 e. The number of nitrogens with zero attached hydrogens (tertiary/aromatic N) is 3. The second-order valence-corrected chi connectivity index (χ2v) is 6.83. The van der Waals surface area contributed by atoms with Crippen LogP contribution in [-0.2, 0) is 6.42 Å². The molecule has 1 N–H and O–H groups in total. The van der Waals surface area contributed by atoms with Crippen molar-refractivity contribution in [2.75, 3.05) is 25.0 Å². The molecule has 0 amide bonds. The fraction of sp³-hybridized carbons (Fsp3) is 0.556. The maximum Gasteiger partial charge on any atom is 0.315 e. The topological polar surface area (TPSA) is 54.2 Å². The van der Waals surface area contributed by atoms with E-state index in [1.165, 1.54) is 38.0 Å². The first-order valence-corrected chi connectivity index (χ1v) is 8.70. The molecule has 1 saturated heterocycles. The molecule has 1 saturated carbocycles. The lowest BCUT2D eigenvalue weighted by atomic mass is 10.1. The molecule has 6 heteroatoms. The van der Waals surface area contributed by atoms with E-state index in [0.29, 0.717) is 24.4 Å². The van der Waals surface area contributed by atoms with Crippen LogP contribution in [0.25, 0.3) is 0 Å². The van der Waals surface area contributed by atoms with E-state index in [1.807, 2.05) is 18.2 Å². The van der Waals surface area contributed by atoms with E-state index in [-0.39, 0.29) is 12.4 Å². The first kappa shape index (κ1) is 17.2. The Hall–Kier alpha value is -1.59. The lowest BCUT2D eigenvalue weighted by Crippen LogP contribution is -2.40. The molecule has 2 fully saturated rings. The number of aromatic nitrogens is 2. The van der Waals surface area contributed by atoms with Crippen molar-refractivity contribution >= 4 is 18.4 Å². The molecule has 5 nitrogen and oxygen atoms in total. The Morgan fingerprint density at radius 3 is 2.50 bits per heavy atom. The van der Waals surface area contributed by atoms with Gasteiger partial charge in [0.2, 0.25) is 5.89 Å². The highest BCUT2D eigenvalue weighted by molar-refractivity contribution is 5.85. The number of hydrogen-bond donors (Lipinski definition) is 1. The van der Waals surface area contributed by atoms with E-state index in [4.69, 9.17) is 4.42 Å². The molecule has 0 radical (unpaired) electrons. The summed E-state index contributed by atoms with van der Waals surface area (Å²) in [4.78, 5) is 2.60. The molecule has 130 valence electrons. The Labute approximate surface area is 149 Å². The molecule has 2 aliphatic rings. The van der Waals surface area contributed by atoms with Crippen LogP contribution in [0.3, 0.4) is 0 Å². The second-order valence-electron chi connectivity index (χ2n) is 6.83. The summed E-state index contributed by atoms with van der Waals surface area (Å²) in [5, 5.41) is 11.7. The van der Waals surface area contributed by atoms with Gasteiger partial charge >= 0.3 is 6.01 Å². The average molecular weight is 349 g/mol. The number of rotatable bonds is 6. The summed E-state index contributed by atoms with van der Waals surface area (Å²) in [5.74, 6) is 1.65. The van der Waals surface area contributed by atoms with E-state index in [0.717, 1.165) is 18.8 Å². The maximum absolute atomic E-state index is 5.74. The summed E-state index contributed by atoms with van der Waals surface area (Å²) in [7, 11) is 0. The number of halogens is 1. The van der Waals surface area contributed by atoms with Gasteiger partial charge in [-0.15, -0.1) is 17.5 Å². The van der Waals surface area contributed by atoms with Gasteiger partial charge in [0, 0.05) is 25.7 Å². The minimum atomic E-state index is 0. The standard InChI is InChI=1S/C18H24N4O.ClH/c1-2-4-14(5-3-1)12-17-20-21-18(23-17)19-16-8-10-22(11-9-16)13-15-6-7-15;/h1-5,15-16H,6-13H2,(H,19,21);1H. The van der Waals surface area contributed by atoms with Crippen LogP contribution in [-0.4, -0.2) is 40.8 Å². The third-order valence-corrected chi connectivity index (χ3v) is 4.79. The van der Waals surface area contributed by atoms with Crippen LogP contribution in [0, 0.1) is 5.92 Å². The molecule has 1 aliphatic heterocycles. The monoisotopic (exact) mass is 348 g/mol. The Balaban J connectivity index is 0.00000169. The average Bonchev–Trinajstić information content (AvgIpc) is 3.29.